The smallest absolute Gasteiger partial charge is 0.289 e. The number of carbonyl (C=O) groups is 1. The molecule has 0 saturated heterocycles. The van der Waals surface area contributed by atoms with Crippen LogP contribution in [0.5, 0.6) is 0 Å². The predicted octanol–water partition coefficient (Wildman–Crippen LogP) is 2.78. The zero-order valence-electron chi connectivity index (χ0n) is 11.3. The van der Waals surface area contributed by atoms with Gasteiger partial charge in [0.1, 0.15) is 0 Å². The summed E-state index contributed by atoms with van der Waals surface area (Å²) in [6, 6.07) is 7.34. The van der Waals surface area contributed by atoms with Gasteiger partial charge in [-0.15, -0.1) is 0 Å². The highest BCUT2D eigenvalue weighted by Crippen LogP contribution is 2.50. The maximum absolute atomic E-state index is 12.8. The third-order valence-electron chi connectivity index (χ3n) is 4.40. The molecule has 3 nitrogen and oxygen atoms in total. The Morgan fingerprint density at radius 1 is 1.05 bits per heavy atom. The van der Waals surface area contributed by atoms with Gasteiger partial charge in [0.2, 0.25) is 5.78 Å². The van der Waals surface area contributed by atoms with Gasteiger partial charge in [-0.3, -0.25) is 4.79 Å². The second-order valence-electron chi connectivity index (χ2n) is 5.66. The predicted molar refractivity (Wildman–Crippen MR) is 72.7 cm³/mol. The zero-order valence-corrected chi connectivity index (χ0v) is 12.1. The highest BCUT2D eigenvalue weighted by Gasteiger charge is 2.59. The Morgan fingerprint density at radius 2 is 1.64 bits per heavy atom. The summed E-state index contributed by atoms with van der Waals surface area (Å²) in [6.45, 7) is 0. The van der Waals surface area contributed by atoms with Crippen molar-refractivity contribution in [3.8, 4) is 0 Å². The Kier molecular flexibility index (Phi) is 3.43. The molecule has 0 aliphatic heterocycles. The van der Waals surface area contributed by atoms with Crippen molar-refractivity contribution >= 4 is 15.6 Å². The van der Waals surface area contributed by atoms with Crippen LogP contribution in [0.15, 0.2) is 47.4 Å². The van der Waals surface area contributed by atoms with Crippen LogP contribution in [0, 0.1) is 17.8 Å². The lowest BCUT2D eigenvalue weighted by Gasteiger charge is -2.27. The van der Waals surface area contributed by atoms with Crippen molar-refractivity contribution in [3.63, 3.8) is 0 Å². The van der Waals surface area contributed by atoms with E-state index in [0.29, 0.717) is 0 Å². The van der Waals surface area contributed by atoms with Crippen molar-refractivity contribution in [3.05, 3.63) is 42.5 Å². The summed E-state index contributed by atoms with van der Waals surface area (Å²) in [5.74, 6) is -4.66. The minimum atomic E-state index is -5.02. The number of rotatable bonds is 3. The van der Waals surface area contributed by atoms with Crippen LogP contribution in [0.3, 0.4) is 0 Å². The average Bonchev–Trinajstić information content (AvgIpc) is 3.07. The molecule has 22 heavy (non-hydrogen) atoms. The van der Waals surface area contributed by atoms with Crippen LogP contribution >= 0.6 is 0 Å². The van der Waals surface area contributed by atoms with Gasteiger partial charge in [-0.2, -0.15) is 13.2 Å². The van der Waals surface area contributed by atoms with Crippen molar-refractivity contribution in [2.75, 3.05) is 0 Å². The monoisotopic (exact) mass is 330 g/mol. The van der Waals surface area contributed by atoms with Crippen LogP contribution in [0.25, 0.3) is 0 Å². The number of Topliss-reactive ketones (excluding diaryl/α,β-unsaturated/α-hetero) is 1. The molecule has 7 heteroatoms. The molecule has 0 radical (unpaired) electrons. The average molecular weight is 330 g/mol. The molecule has 1 fully saturated rings. The largest absolute Gasteiger partial charge is 0.450 e. The van der Waals surface area contributed by atoms with Gasteiger partial charge in [0.05, 0.1) is 16.1 Å². The summed E-state index contributed by atoms with van der Waals surface area (Å²) in [5, 5.41) is -1.33. The summed E-state index contributed by atoms with van der Waals surface area (Å²) in [7, 11) is -4.00. The topological polar surface area (TPSA) is 51.2 Å². The van der Waals surface area contributed by atoms with E-state index in [-0.39, 0.29) is 11.3 Å². The first kappa shape index (κ1) is 15.3. The molecular weight excluding hydrogens is 317 g/mol. The Hall–Kier alpha value is -1.63. The van der Waals surface area contributed by atoms with Gasteiger partial charge in [0.25, 0.3) is 0 Å². The second kappa shape index (κ2) is 4.94. The lowest BCUT2D eigenvalue weighted by Crippen LogP contribution is -2.43. The van der Waals surface area contributed by atoms with Crippen molar-refractivity contribution in [2.45, 2.75) is 22.7 Å². The molecule has 118 valence electrons. The lowest BCUT2D eigenvalue weighted by molar-refractivity contribution is -0.176. The third kappa shape index (κ3) is 2.27. The number of hydrogen-bond acceptors (Lipinski definition) is 3. The molecule has 1 saturated carbocycles. The molecule has 0 spiro atoms. The first-order chi connectivity index (χ1) is 10.2. The van der Waals surface area contributed by atoms with E-state index < -0.39 is 44.8 Å². The van der Waals surface area contributed by atoms with E-state index >= 15 is 0 Å². The molecule has 1 aromatic rings. The van der Waals surface area contributed by atoms with Crippen molar-refractivity contribution < 1.29 is 26.4 Å². The highest BCUT2D eigenvalue weighted by molar-refractivity contribution is 7.92. The number of halogens is 3. The number of alkyl halides is 3. The number of carbonyl (C=O) groups excluding carboxylic acids is 1. The Labute approximate surface area is 125 Å². The van der Waals surface area contributed by atoms with Crippen LogP contribution in [0.1, 0.15) is 6.42 Å². The van der Waals surface area contributed by atoms with Crippen LogP contribution < -0.4 is 0 Å². The van der Waals surface area contributed by atoms with Crippen LogP contribution in [0.4, 0.5) is 13.2 Å². The fourth-order valence-electron chi connectivity index (χ4n) is 3.50. The summed E-state index contributed by atoms with van der Waals surface area (Å²) < 4.78 is 63.9. The molecule has 3 rings (SSSR count). The van der Waals surface area contributed by atoms with Crippen molar-refractivity contribution in [1.82, 2.24) is 0 Å². The van der Waals surface area contributed by atoms with Crippen molar-refractivity contribution in [2.24, 2.45) is 17.8 Å². The van der Waals surface area contributed by atoms with E-state index in [4.69, 9.17) is 0 Å². The van der Waals surface area contributed by atoms with Gasteiger partial charge >= 0.3 is 6.18 Å². The van der Waals surface area contributed by atoms with Gasteiger partial charge in [-0.25, -0.2) is 8.42 Å². The summed E-state index contributed by atoms with van der Waals surface area (Å²) in [6.07, 6.45) is -1.58. The molecular formula is C15H13F3O3S. The van der Waals surface area contributed by atoms with Gasteiger partial charge in [0, 0.05) is 0 Å². The maximum Gasteiger partial charge on any atom is 0.450 e. The fourth-order valence-corrected chi connectivity index (χ4v) is 5.72. The third-order valence-corrected chi connectivity index (χ3v) is 6.69. The highest BCUT2D eigenvalue weighted by atomic mass is 32.2. The SMILES string of the molecule is O=C([C@H]1[C@H](S(=O)(=O)c2ccccc2)[C@H]2C=C[C@@H]1C2)C(F)(F)F. The number of ketones is 1. The normalized spacial score (nSPS) is 30.7. The lowest BCUT2D eigenvalue weighted by atomic mass is 9.89. The summed E-state index contributed by atoms with van der Waals surface area (Å²) in [5.41, 5.74) is 0. The fraction of sp³-hybridized carbons (Fsp3) is 0.400. The Morgan fingerprint density at radius 3 is 2.23 bits per heavy atom. The van der Waals surface area contributed by atoms with E-state index in [1.165, 1.54) is 30.3 Å². The second-order valence-corrected chi connectivity index (χ2v) is 7.76. The van der Waals surface area contributed by atoms with Crippen LogP contribution in [-0.2, 0) is 14.6 Å². The molecule has 2 aliphatic carbocycles. The molecule has 0 heterocycles. The molecule has 0 amide bonds. The standard InChI is InChI=1S/C15H13F3O3S/c16-15(17,18)14(19)12-9-6-7-10(8-9)13(12)22(20,21)11-4-2-1-3-5-11/h1-7,9-10,12-13H,8H2/t9-,10+,12-,13-/m1/s1. The minimum absolute atomic E-state index is 0.0408. The Balaban J connectivity index is 2.05. The first-order valence-corrected chi connectivity index (χ1v) is 8.36. The van der Waals surface area contributed by atoms with Crippen LogP contribution in [-0.4, -0.2) is 25.6 Å². The molecule has 0 aromatic heterocycles. The first-order valence-electron chi connectivity index (χ1n) is 6.81. The number of benzene rings is 1. The van der Waals surface area contributed by atoms with E-state index in [1.807, 2.05) is 0 Å². The van der Waals surface area contributed by atoms with Gasteiger partial charge < -0.3 is 0 Å². The van der Waals surface area contributed by atoms with Gasteiger partial charge in [0.15, 0.2) is 9.84 Å². The Bertz CT molecular complexity index is 722. The minimum Gasteiger partial charge on any atom is -0.289 e. The number of hydrogen-bond donors (Lipinski definition) is 0. The van der Waals surface area contributed by atoms with E-state index in [2.05, 4.69) is 0 Å². The summed E-state index contributed by atoms with van der Waals surface area (Å²) >= 11 is 0. The molecule has 1 aromatic carbocycles. The van der Waals surface area contributed by atoms with E-state index in [0.717, 1.165) is 0 Å². The molecule has 0 unspecified atom stereocenters. The molecule has 0 N–H and O–H groups in total. The van der Waals surface area contributed by atoms with Crippen LogP contribution in [0.2, 0.25) is 0 Å². The molecule has 4 atom stereocenters. The zero-order chi connectivity index (χ0) is 16.1. The van der Waals surface area contributed by atoms with E-state index in [1.54, 1.807) is 12.1 Å². The summed E-state index contributed by atoms with van der Waals surface area (Å²) in [4.78, 5) is 11.7. The molecule has 2 aliphatic rings. The quantitative estimate of drug-likeness (QED) is 0.801. The number of sulfone groups is 1. The van der Waals surface area contributed by atoms with Crippen molar-refractivity contribution in [1.29, 1.82) is 0 Å². The number of fused-ring (bicyclic) bond motifs is 2. The van der Waals surface area contributed by atoms with E-state index in [9.17, 15) is 26.4 Å². The molecule has 2 bridgehead atoms. The maximum atomic E-state index is 12.8. The van der Waals surface area contributed by atoms with Gasteiger partial charge in [-0.05, 0) is 30.4 Å². The number of allylic oxidation sites excluding steroid dienone is 2. The van der Waals surface area contributed by atoms with Gasteiger partial charge in [-0.1, -0.05) is 30.4 Å².